The van der Waals surface area contributed by atoms with Crippen molar-refractivity contribution >= 4 is 5.69 Å². The molecule has 1 unspecified atom stereocenters. The molecule has 0 amide bonds. The third-order valence-electron chi connectivity index (χ3n) is 3.65. The van der Waals surface area contributed by atoms with Gasteiger partial charge in [0.2, 0.25) is 0 Å². The Bertz CT molecular complexity index is 418. The molecule has 1 atom stereocenters. The first-order valence-corrected chi connectivity index (χ1v) is 6.17. The Hall–Kier alpha value is -1.16. The van der Waals surface area contributed by atoms with Gasteiger partial charge >= 0.3 is 0 Å². The third kappa shape index (κ3) is 2.27. The summed E-state index contributed by atoms with van der Waals surface area (Å²) in [5.41, 5.74) is 0.526. The molecular formula is C13H16F2N2. The van der Waals surface area contributed by atoms with E-state index in [0.29, 0.717) is 11.7 Å². The Labute approximate surface area is 99.6 Å². The molecule has 0 radical (unpaired) electrons. The van der Waals surface area contributed by atoms with Gasteiger partial charge in [0.25, 0.3) is 0 Å². The fourth-order valence-corrected chi connectivity index (χ4v) is 2.55. The van der Waals surface area contributed by atoms with Crippen LogP contribution in [0.15, 0.2) is 18.2 Å². The van der Waals surface area contributed by atoms with E-state index in [4.69, 9.17) is 0 Å². The van der Waals surface area contributed by atoms with Crippen LogP contribution in [0.2, 0.25) is 0 Å². The molecule has 17 heavy (non-hydrogen) atoms. The Morgan fingerprint density at radius 2 is 2.06 bits per heavy atom. The number of anilines is 1. The molecule has 1 heterocycles. The maximum atomic E-state index is 13.7. The quantitative estimate of drug-likeness (QED) is 0.849. The standard InChI is InChI=1S/C13H16F2N2/c14-10-3-4-13(11(15)7-10)17-6-5-16-12(8-17)9-1-2-9/h3-4,7,9,12,16H,1-2,5-6,8H2. The zero-order valence-corrected chi connectivity index (χ0v) is 9.63. The number of nitrogens with one attached hydrogen (secondary N) is 1. The summed E-state index contributed by atoms with van der Waals surface area (Å²) in [5, 5.41) is 3.47. The van der Waals surface area contributed by atoms with Crippen molar-refractivity contribution in [1.82, 2.24) is 5.32 Å². The molecule has 1 saturated carbocycles. The number of piperazine rings is 1. The fourth-order valence-electron chi connectivity index (χ4n) is 2.55. The van der Waals surface area contributed by atoms with E-state index in [1.807, 2.05) is 4.90 Å². The zero-order chi connectivity index (χ0) is 11.8. The van der Waals surface area contributed by atoms with E-state index in [0.717, 1.165) is 31.6 Å². The van der Waals surface area contributed by atoms with E-state index in [9.17, 15) is 8.78 Å². The highest BCUT2D eigenvalue weighted by molar-refractivity contribution is 5.48. The first-order valence-electron chi connectivity index (χ1n) is 6.17. The highest BCUT2D eigenvalue weighted by Crippen LogP contribution is 2.34. The van der Waals surface area contributed by atoms with E-state index in [-0.39, 0.29) is 0 Å². The maximum Gasteiger partial charge on any atom is 0.149 e. The van der Waals surface area contributed by atoms with Crippen LogP contribution < -0.4 is 10.2 Å². The molecule has 1 aromatic rings. The molecule has 0 aromatic heterocycles. The van der Waals surface area contributed by atoms with Crippen molar-refractivity contribution in [3.63, 3.8) is 0 Å². The predicted molar refractivity (Wildman–Crippen MR) is 63.1 cm³/mol. The normalized spacial score (nSPS) is 25.1. The van der Waals surface area contributed by atoms with Gasteiger partial charge in [-0.2, -0.15) is 0 Å². The second-order valence-electron chi connectivity index (χ2n) is 4.94. The van der Waals surface area contributed by atoms with Crippen molar-refractivity contribution in [2.24, 2.45) is 5.92 Å². The molecular weight excluding hydrogens is 222 g/mol. The first-order chi connectivity index (χ1) is 8.24. The van der Waals surface area contributed by atoms with Gasteiger partial charge in [0.05, 0.1) is 5.69 Å². The molecule has 1 aromatic carbocycles. The predicted octanol–water partition coefficient (Wildman–Crippen LogP) is 2.15. The van der Waals surface area contributed by atoms with Crippen molar-refractivity contribution in [2.45, 2.75) is 18.9 Å². The smallest absolute Gasteiger partial charge is 0.149 e. The average molecular weight is 238 g/mol. The second-order valence-corrected chi connectivity index (χ2v) is 4.94. The van der Waals surface area contributed by atoms with Crippen molar-refractivity contribution in [3.8, 4) is 0 Å². The average Bonchev–Trinajstić information content (AvgIpc) is 3.13. The van der Waals surface area contributed by atoms with Crippen LogP contribution in [0, 0.1) is 17.6 Å². The number of rotatable bonds is 2. The van der Waals surface area contributed by atoms with Gasteiger partial charge < -0.3 is 10.2 Å². The fraction of sp³-hybridized carbons (Fsp3) is 0.538. The van der Waals surface area contributed by atoms with Gasteiger partial charge in [0.1, 0.15) is 11.6 Å². The first kappa shape index (κ1) is 11.0. The van der Waals surface area contributed by atoms with Crippen LogP contribution >= 0.6 is 0 Å². The van der Waals surface area contributed by atoms with Crippen LogP contribution in [0.4, 0.5) is 14.5 Å². The summed E-state index contributed by atoms with van der Waals surface area (Å²) in [6.07, 6.45) is 2.55. The summed E-state index contributed by atoms with van der Waals surface area (Å²) < 4.78 is 26.5. The molecule has 1 aliphatic heterocycles. The van der Waals surface area contributed by atoms with Crippen molar-refractivity contribution < 1.29 is 8.78 Å². The molecule has 0 spiro atoms. The molecule has 1 saturated heterocycles. The number of benzene rings is 1. The molecule has 1 aliphatic carbocycles. The molecule has 4 heteroatoms. The summed E-state index contributed by atoms with van der Waals surface area (Å²) in [5.74, 6) is -0.220. The number of hydrogen-bond donors (Lipinski definition) is 1. The summed E-state index contributed by atoms with van der Waals surface area (Å²) in [4.78, 5) is 2.02. The molecule has 2 nitrogen and oxygen atoms in total. The van der Waals surface area contributed by atoms with Crippen LogP contribution in [0.25, 0.3) is 0 Å². The van der Waals surface area contributed by atoms with E-state index in [1.165, 1.54) is 18.9 Å². The van der Waals surface area contributed by atoms with Gasteiger partial charge in [-0.3, -0.25) is 0 Å². The lowest BCUT2D eigenvalue weighted by molar-refractivity contribution is 0.415. The highest BCUT2D eigenvalue weighted by atomic mass is 19.1. The summed E-state index contributed by atoms with van der Waals surface area (Å²) in [6.45, 7) is 2.48. The SMILES string of the molecule is Fc1ccc(N2CCNC(C3CC3)C2)c(F)c1. The molecule has 2 fully saturated rings. The second kappa shape index (κ2) is 4.26. The zero-order valence-electron chi connectivity index (χ0n) is 9.63. The van der Waals surface area contributed by atoms with Crippen LogP contribution in [0.1, 0.15) is 12.8 Å². The van der Waals surface area contributed by atoms with Crippen LogP contribution in [0.3, 0.4) is 0 Å². The molecule has 3 rings (SSSR count). The van der Waals surface area contributed by atoms with Crippen molar-refractivity contribution in [3.05, 3.63) is 29.8 Å². The van der Waals surface area contributed by atoms with E-state index >= 15 is 0 Å². The molecule has 2 aliphatic rings. The Kier molecular flexibility index (Phi) is 2.74. The monoisotopic (exact) mass is 238 g/mol. The summed E-state index contributed by atoms with van der Waals surface area (Å²) in [6, 6.07) is 4.30. The molecule has 1 N–H and O–H groups in total. The van der Waals surface area contributed by atoms with E-state index in [1.54, 1.807) is 6.07 Å². The van der Waals surface area contributed by atoms with Gasteiger partial charge in [0.15, 0.2) is 0 Å². The van der Waals surface area contributed by atoms with Crippen LogP contribution in [0.5, 0.6) is 0 Å². The van der Waals surface area contributed by atoms with Gasteiger partial charge in [-0.05, 0) is 30.9 Å². The number of hydrogen-bond acceptors (Lipinski definition) is 2. The minimum absolute atomic E-state index is 0.457. The maximum absolute atomic E-state index is 13.7. The minimum Gasteiger partial charge on any atom is -0.366 e. The topological polar surface area (TPSA) is 15.3 Å². The lowest BCUT2D eigenvalue weighted by Crippen LogP contribution is -2.52. The van der Waals surface area contributed by atoms with Gasteiger partial charge in [-0.15, -0.1) is 0 Å². The third-order valence-corrected chi connectivity index (χ3v) is 3.65. The minimum atomic E-state index is -0.514. The highest BCUT2D eigenvalue weighted by Gasteiger charge is 2.34. The number of halogens is 2. The van der Waals surface area contributed by atoms with E-state index < -0.39 is 11.6 Å². The lowest BCUT2D eigenvalue weighted by atomic mass is 10.1. The van der Waals surface area contributed by atoms with Crippen LogP contribution in [-0.4, -0.2) is 25.7 Å². The van der Waals surface area contributed by atoms with Crippen molar-refractivity contribution in [1.29, 1.82) is 0 Å². The van der Waals surface area contributed by atoms with Gasteiger partial charge in [-0.1, -0.05) is 0 Å². The van der Waals surface area contributed by atoms with Crippen LogP contribution in [-0.2, 0) is 0 Å². The Morgan fingerprint density at radius 3 is 2.76 bits per heavy atom. The lowest BCUT2D eigenvalue weighted by Gasteiger charge is -2.35. The summed E-state index contributed by atoms with van der Waals surface area (Å²) >= 11 is 0. The Morgan fingerprint density at radius 1 is 1.24 bits per heavy atom. The van der Waals surface area contributed by atoms with E-state index in [2.05, 4.69) is 5.32 Å². The van der Waals surface area contributed by atoms with Gasteiger partial charge in [0, 0.05) is 31.7 Å². The largest absolute Gasteiger partial charge is 0.366 e. The summed E-state index contributed by atoms with van der Waals surface area (Å²) in [7, 11) is 0. The Balaban J connectivity index is 1.77. The van der Waals surface area contributed by atoms with Crippen molar-refractivity contribution in [2.75, 3.05) is 24.5 Å². The molecule has 0 bridgehead atoms. The molecule has 92 valence electrons. The number of nitrogens with zero attached hydrogens (tertiary/aromatic N) is 1. The van der Waals surface area contributed by atoms with Gasteiger partial charge in [-0.25, -0.2) is 8.78 Å².